The second kappa shape index (κ2) is 9.95. The van der Waals surface area contributed by atoms with Crippen LogP contribution in [0.2, 0.25) is 0 Å². The van der Waals surface area contributed by atoms with Gasteiger partial charge in [-0.05, 0) is 55.5 Å². The minimum absolute atomic E-state index is 0. The molecule has 2 fully saturated rings. The standard InChI is InChI=1S/C20H29N3O3.ClH/c1-14(24)22-19(15-3-5-18(26-2)6-4-15)11-20(25)23-9-7-16-12-21-13-17(16)8-10-23;/h3-6,16-17,19,21H,7-13H2,1-2H3,(H,22,24);1H/t16-,17+,19?;. The number of halogens is 1. The van der Waals surface area contributed by atoms with Crippen molar-refractivity contribution in [1.29, 1.82) is 0 Å². The van der Waals surface area contributed by atoms with Crippen molar-refractivity contribution in [1.82, 2.24) is 15.5 Å². The summed E-state index contributed by atoms with van der Waals surface area (Å²) < 4.78 is 5.19. The summed E-state index contributed by atoms with van der Waals surface area (Å²) in [5.41, 5.74) is 0.922. The third-order valence-electron chi connectivity index (χ3n) is 5.65. The van der Waals surface area contributed by atoms with Gasteiger partial charge in [0, 0.05) is 20.0 Å². The summed E-state index contributed by atoms with van der Waals surface area (Å²) in [6, 6.07) is 7.22. The molecule has 2 N–H and O–H groups in total. The van der Waals surface area contributed by atoms with E-state index < -0.39 is 0 Å². The van der Waals surface area contributed by atoms with Gasteiger partial charge >= 0.3 is 0 Å². The van der Waals surface area contributed by atoms with Gasteiger partial charge in [0.1, 0.15) is 5.75 Å². The summed E-state index contributed by atoms with van der Waals surface area (Å²) in [7, 11) is 1.62. The van der Waals surface area contributed by atoms with Gasteiger partial charge in [-0.15, -0.1) is 12.4 Å². The zero-order chi connectivity index (χ0) is 18.5. The summed E-state index contributed by atoms with van der Waals surface area (Å²) in [6.07, 6.45) is 2.42. The first-order chi connectivity index (χ1) is 12.6. The van der Waals surface area contributed by atoms with E-state index in [0.717, 1.165) is 50.3 Å². The lowest BCUT2D eigenvalue weighted by Crippen LogP contribution is -2.37. The molecule has 0 radical (unpaired) electrons. The first kappa shape index (κ1) is 21.5. The number of benzene rings is 1. The van der Waals surface area contributed by atoms with Crippen LogP contribution in [0, 0.1) is 11.8 Å². The molecule has 3 atom stereocenters. The van der Waals surface area contributed by atoms with E-state index in [1.807, 2.05) is 29.2 Å². The molecule has 2 aliphatic rings. The largest absolute Gasteiger partial charge is 0.497 e. The van der Waals surface area contributed by atoms with E-state index in [1.54, 1.807) is 7.11 Å². The molecule has 27 heavy (non-hydrogen) atoms. The number of likely N-dealkylation sites (tertiary alicyclic amines) is 1. The maximum atomic E-state index is 12.9. The zero-order valence-corrected chi connectivity index (χ0v) is 16.9. The minimum atomic E-state index is -0.310. The van der Waals surface area contributed by atoms with E-state index in [4.69, 9.17) is 4.74 Å². The lowest BCUT2D eigenvalue weighted by atomic mass is 9.92. The Bertz CT molecular complexity index is 624. The normalized spacial score (nSPS) is 22.8. The number of rotatable bonds is 5. The molecule has 2 aliphatic heterocycles. The fraction of sp³-hybridized carbons (Fsp3) is 0.600. The molecular formula is C20H30ClN3O3. The number of ether oxygens (including phenoxy) is 1. The van der Waals surface area contributed by atoms with Crippen LogP contribution in [0.15, 0.2) is 24.3 Å². The van der Waals surface area contributed by atoms with Gasteiger partial charge in [-0.25, -0.2) is 0 Å². The zero-order valence-electron chi connectivity index (χ0n) is 16.1. The van der Waals surface area contributed by atoms with Crippen molar-refractivity contribution in [2.75, 3.05) is 33.3 Å². The molecule has 0 aliphatic carbocycles. The van der Waals surface area contributed by atoms with Gasteiger partial charge in [-0.2, -0.15) is 0 Å². The monoisotopic (exact) mass is 395 g/mol. The molecule has 0 aromatic heterocycles. The van der Waals surface area contributed by atoms with E-state index in [2.05, 4.69) is 10.6 Å². The third kappa shape index (κ3) is 5.59. The van der Waals surface area contributed by atoms with Crippen LogP contribution in [0.4, 0.5) is 0 Å². The van der Waals surface area contributed by atoms with Crippen LogP contribution in [-0.4, -0.2) is 50.0 Å². The first-order valence-electron chi connectivity index (χ1n) is 9.46. The van der Waals surface area contributed by atoms with Crippen LogP contribution < -0.4 is 15.4 Å². The fourth-order valence-corrected chi connectivity index (χ4v) is 4.11. The summed E-state index contributed by atoms with van der Waals surface area (Å²) in [5.74, 6) is 2.14. The van der Waals surface area contributed by atoms with Gasteiger partial charge in [0.2, 0.25) is 11.8 Å². The summed E-state index contributed by atoms with van der Waals surface area (Å²) in [5, 5.41) is 6.38. The third-order valence-corrected chi connectivity index (χ3v) is 5.65. The van der Waals surface area contributed by atoms with Crippen LogP contribution in [0.3, 0.4) is 0 Å². The predicted molar refractivity (Wildman–Crippen MR) is 107 cm³/mol. The van der Waals surface area contributed by atoms with Crippen molar-refractivity contribution in [3.05, 3.63) is 29.8 Å². The molecule has 6 nitrogen and oxygen atoms in total. The quantitative estimate of drug-likeness (QED) is 0.801. The number of methoxy groups -OCH3 is 1. The van der Waals surface area contributed by atoms with Crippen molar-refractivity contribution in [2.24, 2.45) is 11.8 Å². The molecule has 1 unspecified atom stereocenters. The van der Waals surface area contributed by atoms with Crippen LogP contribution in [-0.2, 0) is 9.59 Å². The number of carbonyl (C=O) groups excluding carboxylic acids is 2. The van der Waals surface area contributed by atoms with Crippen molar-refractivity contribution >= 4 is 24.2 Å². The summed E-state index contributed by atoms with van der Waals surface area (Å²) in [4.78, 5) is 26.5. The van der Waals surface area contributed by atoms with Crippen molar-refractivity contribution in [2.45, 2.75) is 32.2 Å². The Kier molecular flexibility index (Phi) is 7.92. The molecule has 0 bridgehead atoms. The molecule has 150 valence electrons. The lowest BCUT2D eigenvalue weighted by Gasteiger charge is -2.25. The smallest absolute Gasteiger partial charge is 0.224 e. The SMILES string of the molecule is COc1ccc(C(CC(=O)N2CC[C@@H]3CNC[C@@H]3CC2)NC(C)=O)cc1.Cl. The van der Waals surface area contributed by atoms with Gasteiger partial charge < -0.3 is 20.3 Å². The molecule has 2 amide bonds. The Morgan fingerprint density at radius 2 is 1.78 bits per heavy atom. The highest BCUT2D eigenvalue weighted by molar-refractivity contribution is 5.85. The van der Waals surface area contributed by atoms with Crippen LogP contribution in [0.5, 0.6) is 5.75 Å². The van der Waals surface area contributed by atoms with E-state index >= 15 is 0 Å². The van der Waals surface area contributed by atoms with Crippen molar-refractivity contribution in [3.63, 3.8) is 0 Å². The van der Waals surface area contributed by atoms with Gasteiger partial charge in [-0.1, -0.05) is 12.1 Å². The number of carbonyl (C=O) groups is 2. The van der Waals surface area contributed by atoms with E-state index in [-0.39, 0.29) is 30.3 Å². The van der Waals surface area contributed by atoms with Crippen LogP contribution in [0.25, 0.3) is 0 Å². The Hall–Kier alpha value is -1.79. The first-order valence-corrected chi connectivity index (χ1v) is 9.46. The van der Waals surface area contributed by atoms with Crippen molar-refractivity contribution in [3.8, 4) is 5.75 Å². The molecule has 0 spiro atoms. The molecule has 2 heterocycles. The van der Waals surface area contributed by atoms with Crippen LogP contribution >= 0.6 is 12.4 Å². The second-order valence-corrected chi connectivity index (χ2v) is 7.37. The molecule has 0 saturated carbocycles. The molecule has 2 saturated heterocycles. The van der Waals surface area contributed by atoms with E-state index in [1.165, 1.54) is 6.92 Å². The number of nitrogens with zero attached hydrogens (tertiary/aromatic N) is 1. The van der Waals surface area contributed by atoms with Gasteiger partial charge in [0.25, 0.3) is 0 Å². The molecule has 7 heteroatoms. The number of fused-ring (bicyclic) bond motifs is 1. The number of nitrogens with one attached hydrogen (secondary N) is 2. The summed E-state index contributed by atoms with van der Waals surface area (Å²) in [6.45, 7) is 5.27. The highest BCUT2D eigenvalue weighted by atomic mass is 35.5. The van der Waals surface area contributed by atoms with E-state index in [9.17, 15) is 9.59 Å². The Labute approximate surface area is 167 Å². The minimum Gasteiger partial charge on any atom is -0.497 e. The maximum absolute atomic E-state index is 12.9. The lowest BCUT2D eigenvalue weighted by molar-refractivity contribution is -0.132. The average molecular weight is 396 g/mol. The molecular weight excluding hydrogens is 366 g/mol. The fourth-order valence-electron chi connectivity index (χ4n) is 4.11. The van der Waals surface area contributed by atoms with Gasteiger partial charge in [0.15, 0.2) is 0 Å². The Morgan fingerprint density at radius 3 is 2.30 bits per heavy atom. The maximum Gasteiger partial charge on any atom is 0.224 e. The Balaban J connectivity index is 0.00000261. The number of hydrogen-bond donors (Lipinski definition) is 2. The second-order valence-electron chi connectivity index (χ2n) is 7.37. The van der Waals surface area contributed by atoms with Crippen LogP contribution in [0.1, 0.15) is 37.8 Å². The highest BCUT2D eigenvalue weighted by Crippen LogP contribution is 2.28. The molecule has 1 aromatic rings. The van der Waals surface area contributed by atoms with Gasteiger partial charge in [-0.3, -0.25) is 9.59 Å². The molecule has 1 aromatic carbocycles. The molecule has 3 rings (SSSR count). The van der Waals surface area contributed by atoms with Crippen molar-refractivity contribution < 1.29 is 14.3 Å². The van der Waals surface area contributed by atoms with E-state index in [0.29, 0.717) is 18.3 Å². The van der Waals surface area contributed by atoms with Gasteiger partial charge in [0.05, 0.1) is 19.6 Å². The Morgan fingerprint density at radius 1 is 1.19 bits per heavy atom. The number of amides is 2. The topological polar surface area (TPSA) is 70.7 Å². The summed E-state index contributed by atoms with van der Waals surface area (Å²) >= 11 is 0. The average Bonchev–Trinajstić information content (AvgIpc) is 2.99. The predicted octanol–water partition coefficient (Wildman–Crippen LogP) is 2.14. The highest BCUT2D eigenvalue weighted by Gasteiger charge is 2.32. The number of hydrogen-bond acceptors (Lipinski definition) is 4.